The maximum absolute atomic E-state index is 2.24. The molecule has 2 aliphatic rings. The van der Waals surface area contributed by atoms with Crippen LogP contribution in [0.1, 0.15) is 6.92 Å². The Morgan fingerprint density at radius 3 is 3.10 bits per heavy atom. The summed E-state index contributed by atoms with van der Waals surface area (Å²) in [4.78, 5) is 0. The Balaban J connectivity index is 2.39. The Labute approximate surface area is 61.3 Å². The van der Waals surface area contributed by atoms with E-state index in [9.17, 15) is 0 Å². The van der Waals surface area contributed by atoms with Crippen molar-refractivity contribution in [3.8, 4) is 0 Å². The zero-order valence-corrected chi connectivity index (χ0v) is 6.04. The summed E-state index contributed by atoms with van der Waals surface area (Å²) in [5, 5.41) is 0. The molecule has 2 aliphatic carbocycles. The molecule has 1 atom stereocenters. The van der Waals surface area contributed by atoms with Gasteiger partial charge >= 0.3 is 0 Å². The summed E-state index contributed by atoms with van der Waals surface area (Å²) in [6.07, 6.45) is 13.2. The summed E-state index contributed by atoms with van der Waals surface area (Å²) in [7, 11) is 0. The molecule has 0 amide bonds. The van der Waals surface area contributed by atoms with E-state index in [1.165, 1.54) is 11.1 Å². The van der Waals surface area contributed by atoms with E-state index >= 15 is 0 Å². The molecule has 0 spiro atoms. The van der Waals surface area contributed by atoms with Crippen molar-refractivity contribution in [3.63, 3.8) is 0 Å². The minimum absolute atomic E-state index is 0.573. The predicted octanol–water partition coefficient (Wildman–Crippen LogP) is 2.61. The second kappa shape index (κ2) is 1.98. The van der Waals surface area contributed by atoms with Crippen LogP contribution in [0.25, 0.3) is 0 Å². The first-order valence-corrected chi connectivity index (χ1v) is 3.61. The minimum Gasteiger partial charge on any atom is -0.0732 e. The molecular weight excluding hydrogens is 120 g/mol. The van der Waals surface area contributed by atoms with Gasteiger partial charge in [0.2, 0.25) is 0 Å². The first-order valence-electron chi connectivity index (χ1n) is 3.61. The van der Waals surface area contributed by atoms with E-state index in [4.69, 9.17) is 0 Å². The number of fused-ring (bicyclic) bond motifs is 1. The second-order valence-corrected chi connectivity index (χ2v) is 2.82. The van der Waals surface area contributed by atoms with Gasteiger partial charge < -0.3 is 0 Å². The van der Waals surface area contributed by atoms with Crippen molar-refractivity contribution in [2.45, 2.75) is 6.92 Å². The van der Waals surface area contributed by atoms with Gasteiger partial charge in [0.05, 0.1) is 0 Å². The normalized spacial score (nSPS) is 27.9. The molecule has 1 unspecified atom stereocenters. The molecule has 0 aliphatic heterocycles. The molecule has 0 bridgehead atoms. The molecule has 0 N–H and O–H groups in total. The van der Waals surface area contributed by atoms with Crippen molar-refractivity contribution in [1.29, 1.82) is 0 Å². The lowest BCUT2D eigenvalue weighted by molar-refractivity contribution is 1.01. The van der Waals surface area contributed by atoms with E-state index in [0.29, 0.717) is 5.92 Å². The molecular formula is C10H10. The zero-order chi connectivity index (χ0) is 6.97. The van der Waals surface area contributed by atoms with Gasteiger partial charge in [-0.3, -0.25) is 0 Å². The van der Waals surface area contributed by atoms with Gasteiger partial charge in [-0.15, -0.1) is 0 Å². The van der Waals surface area contributed by atoms with Gasteiger partial charge in [0.1, 0.15) is 0 Å². The minimum atomic E-state index is 0.573. The number of rotatable bonds is 0. The van der Waals surface area contributed by atoms with Gasteiger partial charge in [0.15, 0.2) is 0 Å². The van der Waals surface area contributed by atoms with Crippen molar-refractivity contribution < 1.29 is 0 Å². The van der Waals surface area contributed by atoms with Crippen molar-refractivity contribution in [1.82, 2.24) is 0 Å². The highest BCUT2D eigenvalue weighted by molar-refractivity contribution is 5.45. The molecule has 0 saturated heterocycles. The summed E-state index contributed by atoms with van der Waals surface area (Å²) in [5.41, 5.74) is 2.78. The highest BCUT2D eigenvalue weighted by Crippen LogP contribution is 2.26. The molecule has 0 heterocycles. The molecule has 0 heteroatoms. The van der Waals surface area contributed by atoms with E-state index in [2.05, 4.69) is 43.4 Å². The summed E-state index contributed by atoms with van der Waals surface area (Å²) < 4.78 is 0. The molecule has 0 fully saturated rings. The lowest BCUT2D eigenvalue weighted by Gasteiger charge is -2.10. The first kappa shape index (κ1) is 5.72. The highest BCUT2D eigenvalue weighted by atomic mass is 14.2. The predicted molar refractivity (Wildman–Crippen MR) is 43.6 cm³/mol. The molecule has 10 heavy (non-hydrogen) atoms. The molecule has 0 radical (unpaired) electrons. The summed E-state index contributed by atoms with van der Waals surface area (Å²) in [6.45, 7) is 2.13. The van der Waals surface area contributed by atoms with Crippen LogP contribution >= 0.6 is 0 Å². The van der Waals surface area contributed by atoms with Crippen LogP contribution in [0.4, 0.5) is 0 Å². The van der Waals surface area contributed by atoms with Crippen LogP contribution in [0, 0.1) is 5.92 Å². The molecule has 50 valence electrons. The van der Waals surface area contributed by atoms with Gasteiger partial charge in [0.25, 0.3) is 0 Å². The van der Waals surface area contributed by atoms with Crippen LogP contribution in [0.2, 0.25) is 0 Å². The fraction of sp³-hybridized carbons (Fsp3) is 0.200. The topological polar surface area (TPSA) is 0 Å². The third-order valence-corrected chi connectivity index (χ3v) is 1.95. The third-order valence-electron chi connectivity index (χ3n) is 1.95. The average molecular weight is 130 g/mol. The van der Waals surface area contributed by atoms with Gasteiger partial charge in [-0.25, -0.2) is 0 Å². The largest absolute Gasteiger partial charge is 0.0732 e. The molecule has 0 saturated carbocycles. The van der Waals surface area contributed by atoms with E-state index in [-0.39, 0.29) is 0 Å². The van der Waals surface area contributed by atoms with E-state index in [0.717, 1.165) is 0 Å². The Morgan fingerprint density at radius 2 is 2.20 bits per heavy atom. The summed E-state index contributed by atoms with van der Waals surface area (Å²) >= 11 is 0. The molecule has 0 aromatic heterocycles. The Hall–Kier alpha value is -1.04. The second-order valence-electron chi connectivity index (χ2n) is 2.82. The fourth-order valence-electron chi connectivity index (χ4n) is 1.39. The molecule has 0 nitrogen and oxygen atoms in total. The van der Waals surface area contributed by atoms with Gasteiger partial charge in [-0.05, 0) is 12.5 Å². The van der Waals surface area contributed by atoms with Crippen molar-refractivity contribution >= 4 is 0 Å². The summed E-state index contributed by atoms with van der Waals surface area (Å²) in [6, 6.07) is 0. The quantitative estimate of drug-likeness (QED) is 0.473. The Morgan fingerprint density at radius 1 is 1.30 bits per heavy atom. The van der Waals surface area contributed by atoms with Crippen molar-refractivity contribution in [2.24, 2.45) is 5.92 Å². The number of hydrogen-bond donors (Lipinski definition) is 0. The third kappa shape index (κ3) is 0.766. The van der Waals surface area contributed by atoms with E-state index < -0.39 is 0 Å². The van der Waals surface area contributed by atoms with Gasteiger partial charge in [-0.2, -0.15) is 0 Å². The molecule has 0 aromatic carbocycles. The van der Waals surface area contributed by atoms with E-state index in [1.807, 2.05) is 0 Å². The van der Waals surface area contributed by atoms with Crippen LogP contribution in [-0.2, 0) is 0 Å². The van der Waals surface area contributed by atoms with Crippen LogP contribution in [0.5, 0.6) is 0 Å². The summed E-state index contributed by atoms with van der Waals surface area (Å²) in [5.74, 6) is 0.573. The van der Waals surface area contributed by atoms with Crippen LogP contribution in [-0.4, -0.2) is 0 Å². The first-order chi connectivity index (χ1) is 4.86. The van der Waals surface area contributed by atoms with Gasteiger partial charge in [-0.1, -0.05) is 42.0 Å². The molecule has 0 aromatic rings. The fourth-order valence-corrected chi connectivity index (χ4v) is 1.39. The number of allylic oxidation sites excluding steroid dienone is 8. The maximum atomic E-state index is 2.24. The smallest absolute Gasteiger partial charge is 0.0205 e. The van der Waals surface area contributed by atoms with Crippen LogP contribution < -0.4 is 0 Å². The lowest BCUT2D eigenvalue weighted by atomic mass is 9.95. The average Bonchev–Trinajstić information content (AvgIpc) is 2.33. The SMILES string of the molecule is CC1=CC2=CC=CC2C=C1. The monoisotopic (exact) mass is 130 g/mol. The molecule has 2 rings (SSSR count). The standard InChI is InChI=1S/C10H10/c1-8-5-6-9-3-2-4-10(9)7-8/h2-7,9H,1H3. The maximum Gasteiger partial charge on any atom is 0.0205 e. The van der Waals surface area contributed by atoms with Crippen LogP contribution in [0.3, 0.4) is 0 Å². The number of hydrogen-bond acceptors (Lipinski definition) is 0. The zero-order valence-electron chi connectivity index (χ0n) is 6.04. The van der Waals surface area contributed by atoms with Gasteiger partial charge in [0, 0.05) is 5.92 Å². The van der Waals surface area contributed by atoms with Crippen molar-refractivity contribution in [2.75, 3.05) is 0 Å². The Kier molecular flexibility index (Phi) is 1.13. The lowest BCUT2D eigenvalue weighted by Crippen LogP contribution is -1.95. The van der Waals surface area contributed by atoms with Crippen LogP contribution in [0.15, 0.2) is 47.6 Å². The van der Waals surface area contributed by atoms with Crippen molar-refractivity contribution in [3.05, 3.63) is 47.6 Å². The highest BCUT2D eigenvalue weighted by Gasteiger charge is 2.11. The van der Waals surface area contributed by atoms with E-state index in [1.54, 1.807) is 0 Å². The Bertz CT molecular complexity index is 262.